The molecular formula is C12H13BrFNO3S. The Hall–Kier alpha value is -0.950. The minimum atomic E-state index is -3.11. The zero-order valence-electron chi connectivity index (χ0n) is 10.2. The summed E-state index contributed by atoms with van der Waals surface area (Å²) in [6.07, 6.45) is 0.346. The number of carbonyl (C=O) groups excluding carboxylic acids is 1. The normalized spacial score (nSPS) is 25.2. The van der Waals surface area contributed by atoms with E-state index in [0.29, 0.717) is 10.9 Å². The molecule has 7 heteroatoms. The summed E-state index contributed by atoms with van der Waals surface area (Å²) in [5, 5.41) is 2.61. The standard InChI is InChI=1S/C12H13BrFNO3S/c1-12(4-5-19(17,18)7-12)15-11(16)9-3-2-8(13)6-10(9)14/h2-3,6H,4-5,7H2,1H3,(H,15,16)/t12-/m0/s1. The monoisotopic (exact) mass is 349 g/mol. The van der Waals surface area contributed by atoms with Crippen LogP contribution in [-0.2, 0) is 9.84 Å². The third-order valence-corrected chi connectivity index (χ3v) is 5.49. The Morgan fingerprint density at radius 2 is 2.16 bits per heavy atom. The van der Waals surface area contributed by atoms with Gasteiger partial charge in [-0.05, 0) is 31.5 Å². The molecule has 1 aliphatic heterocycles. The average molecular weight is 350 g/mol. The lowest BCUT2D eigenvalue weighted by Gasteiger charge is -2.24. The summed E-state index contributed by atoms with van der Waals surface area (Å²) in [7, 11) is -3.11. The zero-order valence-corrected chi connectivity index (χ0v) is 12.6. The van der Waals surface area contributed by atoms with E-state index in [0.717, 1.165) is 0 Å². The van der Waals surface area contributed by atoms with E-state index in [9.17, 15) is 17.6 Å². The van der Waals surface area contributed by atoms with E-state index in [1.54, 1.807) is 13.0 Å². The van der Waals surface area contributed by atoms with E-state index in [1.807, 2.05) is 0 Å². The lowest BCUT2D eigenvalue weighted by Crippen LogP contribution is -2.47. The third-order valence-electron chi connectivity index (χ3n) is 3.09. The van der Waals surface area contributed by atoms with E-state index in [2.05, 4.69) is 21.2 Å². The lowest BCUT2D eigenvalue weighted by atomic mass is 10.0. The molecule has 1 atom stereocenters. The van der Waals surface area contributed by atoms with Gasteiger partial charge in [0.1, 0.15) is 5.82 Å². The highest BCUT2D eigenvalue weighted by Crippen LogP contribution is 2.24. The second-order valence-electron chi connectivity index (χ2n) is 4.98. The van der Waals surface area contributed by atoms with Crippen molar-refractivity contribution in [3.05, 3.63) is 34.1 Å². The second kappa shape index (κ2) is 4.86. The van der Waals surface area contributed by atoms with Crippen molar-refractivity contribution >= 4 is 31.7 Å². The van der Waals surface area contributed by atoms with Gasteiger partial charge in [0, 0.05) is 4.47 Å². The van der Waals surface area contributed by atoms with Crippen LogP contribution in [0.5, 0.6) is 0 Å². The molecule has 1 N–H and O–H groups in total. The topological polar surface area (TPSA) is 63.2 Å². The minimum absolute atomic E-state index is 0.0482. The van der Waals surface area contributed by atoms with E-state index in [-0.39, 0.29) is 17.1 Å². The first-order valence-electron chi connectivity index (χ1n) is 5.69. The van der Waals surface area contributed by atoms with E-state index < -0.39 is 27.1 Å². The van der Waals surface area contributed by atoms with Crippen molar-refractivity contribution in [3.8, 4) is 0 Å². The van der Waals surface area contributed by atoms with Gasteiger partial charge in [-0.25, -0.2) is 12.8 Å². The van der Waals surface area contributed by atoms with Crippen molar-refractivity contribution < 1.29 is 17.6 Å². The van der Waals surface area contributed by atoms with Crippen LogP contribution in [0.3, 0.4) is 0 Å². The fourth-order valence-corrected chi connectivity index (χ4v) is 4.55. The fourth-order valence-electron chi connectivity index (χ4n) is 2.12. The van der Waals surface area contributed by atoms with Crippen LogP contribution in [0, 0.1) is 5.82 Å². The van der Waals surface area contributed by atoms with E-state index >= 15 is 0 Å². The van der Waals surface area contributed by atoms with Crippen LogP contribution in [0.1, 0.15) is 23.7 Å². The largest absolute Gasteiger partial charge is 0.346 e. The molecule has 1 fully saturated rings. The molecule has 1 aromatic rings. The Kier molecular flexibility index (Phi) is 3.70. The van der Waals surface area contributed by atoms with Crippen molar-refractivity contribution in [2.75, 3.05) is 11.5 Å². The van der Waals surface area contributed by atoms with Gasteiger partial charge >= 0.3 is 0 Å². The number of benzene rings is 1. The first kappa shape index (κ1) is 14.5. The third kappa shape index (κ3) is 3.33. The Balaban J connectivity index is 2.18. The maximum absolute atomic E-state index is 13.6. The molecule has 0 unspecified atom stereocenters. The van der Waals surface area contributed by atoms with Crippen molar-refractivity contribution in [2.45, 2.75) is 18.9 Å². The fraction of sp³-hybridized carbons (Fsp3) is 0.417. The second-order valence-corrected chi connectivity index (χ2v) is 8.08. The summed E-state index contributed by atoms with van der Waals surface area (Å²) in [6.45, 7) is 1.66. The smallest absolute Gasteiger partial charge is 0.254 e. The highest BCUT2D eigenvalue weighted by atomic mass is 79.9. The van der Waals surface area contributed by atoms with Gasteiger partial charge in [-0.15, -0.1) is 0 Å². The quantitative estimate of drug-likeness (QED) is 0.886. The maximum Gasteiger partial charge on any atom is 0.254 e. The Bertz CT molecular complexity index is 632. The van der Waals surface area contributed by atoms with Crippen molar-refractivity contribution in [3.63, 3.8) is 0 Å². The van der Waals surface area contributed by atoms with Gasteiger partial charge in [0.05, 0.1) is 22.6 Å². The number of sulfone groups is 1. The highest BCUT2D eigenvalue weighted by molar-refractivity contribution is 9.10. The Labute approximate surface area is 119 Å². The number of carbonyl (C=O) groups is 1. The summed E-state index contributed by atoms with van der Waals surface area (Å²) in [5.74, 6) is -1.29. The molecule has 4 nitrogen and oxygen atoms in total. The zero-order chi connectivity index (χ0) is 14.3. The molecule has 1 aliphatic rings. The van der Waals surface area contributed by atoms with Crippen molar-refractivity contribution in [2.24, 2.45) is 0 Å². The van der Waals surface area contributed by atoms with Gasteiger partial charge in [-0.1, -0.05) is 15.9 Å². The molecule has 0 aliphatic carbocycles. The highest BCUT2D eigenvalue weighted by Gasteiger charge is 2.39. The number of halogens is 2. The van der Waals surface area contributed by atoms with Gasteiger partial charge in [-0.2, -0.15) is 0 Å². The van der Waals surface area contributed by atoms with Gasteiger partial charge in [0.25, 0.3) is 5.91 Å². The SMILES string of the molecule is C[C@]1(NC(=O)c2ccc(Br)cc2F)CCS(=O)(=O)C1. The van der Waals surface area contributed by atoms with Crippen LogP contribution in [-0.4, -0.2) is 31.4 Å². The summed E-state index contributed by atoms with van der Waals surface area (Å²) < 4.78 is 37.1. The molecule has 2 rings (SSSR count). The summed E-state index contributed by atoms with van der Waals surface area (Å²) in [4.78, 5) is 12.0. The summed E-state index contributed by atoms with van der Waals surface area (Å²) >= 11 is 3.11. The molecule has 0 spiro atoms. The first-order valence-corrected chi connectivity index (χ1v) is 8.30. The van der Waals surface area contributed by atoms with Gasteiger partial charge in [0.15, 0.2) is 9.84 Å². The maximum atomic E-state index is 13.6. The van der Waals surface area contributed by atoms with Crippen LogP contribution in [0.2, 0.25) is 0 Å². The number of amides is 1. The number of hydrogen-bond donors (Lipinski definition) is 1. The molecule has 104 valence electrons. The molecule has 1 saturated heterocycles. The van der Waals surface area contributed by atoms with Crippen LogP contribution >= 0.6 is 15.9 Å². The molecule has 0 saturated carbocycles. The number of nitrogens with one attached hydrogen (secondary N) is 1. The molecule has 1 heterocycles. The molecule has 0 radical (unpaired) electrons. The predicted molar refractivity (Wildman–Crippen MR) is 73.2 cm³/mol. The summed E-state index contributed by atoms with van der Waals surface area (Å²) in [5.41, 5.74) is -0.913. The van der Waals surface area contributed by atoms with Crippen molar-refractivity contribution in [1.82, 2.24) is 5.32 Å². The Morgan fingerprint density at radius 3 is 2.68 bits per heavy atom. The molecule has 1 aromatic carbocycles. The van der Waals surface area contributed by atoms with Crippen LogP contribution < -0.4 is 5.32 Å². The summed E-state index contributed by atoms with van der Waals surface area (Å²) in [6, 6.07) is 4.12. The molecular weight excluding hydrogens is 337 g/mol. The van der Waals surface area contributed by atoms with E-state index in [1.165, 1.54) is 12.1 Å². The van der Waals surface area contributed by atoms with Crippen LogP contribution in [0.15, 0.2) is 22.7 Å². The molecule has 0 aromatic heterocycles. The Morgan fingerprint density at radius 1 is 1.47 bits per heavy atom. The lowest BCUT2D eigenvalue weighted by molar-refractivity contribution is 0.0911. The van der Waals surface area contributed by atoms with Crippen LogP contribution in [0.25, 0.3) is 0 Å². The van der Waals surface area contributed by atoms with Crippen molar-refractivity contribution in [1.29, 1.82) is 0 Å². The predicted octanol–water partition coefficient (Wildman–Crippen LogP) is 1.90. The van der Waals surface area contributed by atoms with Gasteiger partial charge in [-0.3, -0.25) is 4.79 Å². The van der Waals surface area contributed by atoms with Gasteiger partial charge in [0.2, 0.25) is 0 Å². The minimum Gasteiger partial charge on any atom is -0.346 e. The molecule has 19 heavy (non-hydrogen) atoms. The average Bonchev–Trinajstić information content (AvgIpc) is 2.52. The number of hydrogen-bond acceptors (Lipinski definition) is 3. The van der Waals surface area contributed by atoms with E-state index in [4.69, 9.17) is 0 Å². The van der Waals surface area contributed by atoms with Gasteiger partial charge < -0.3 is 5.32 Å². The number of rotatable bonds is 2. The van der Waals surface area contributed by atoms with Crippen LogP contribution in [0.4, 0.5) is 4.39 Å². The molecule has 0 bridgehead atoms. The molecule has 1 amide bonds. The first-order chi connectivity index (χ1) is 8.71.